The summed E-state index contributed by atoms with van der Waals surface area (Å²) >= 11 is 0. The molecule has 13 heteroatoms. The standard InChI is InChI=1S/C24H33N5O8/c25-15(8-11-20(31)32)23(35)29-12-4-7-18(29)22(34)27-16(9-10-19(26)30)21(33)28-17(24(36)37)13-14-5-2-1-3-6-14/h1-3,5-6,15-18H,4,7-13,25H2,(H2,26,30)(H,27,34)(H,28,33)(H,31,32)(H,36,37). The fourth-order valence-corrected chi connectivity index (χ4v) is 4.06. The summed E-state index contributed by atoms with van der Waals surface area (Å²) in [5.74, 6) is -5.16. The number of carboxylic acids is 2. The molecule has 13 nitrogen and oxygen atoms in total. The topological polar surface area (TPSA) is 222 Å². The van der Waals surface area contributed by atoms with Crippen LogP contribution in [-0.2, 0) is 35.2 Å². The summed E-state index contributed by atoms with van der Waals surface area (Å²) in [4.78, 5) is 73.9. The number of hydrogen-bond acceptors (Lipinski definition) is 7. The van der Waals surface area contributed by atoms with Gasteiger partial charge in [-0.25, -0.2) is 4.79 Å². The minimum Gasteiger partial charge on any atom is -0.481 e. The van der Waals surface area contributed by atoms with Gasteiger partial charge in [-0.15, -0.1) is 0 Å². The number of aliphatic carboxylic acids is 2. The van der Waals surface area contributed by atoms with Gasteiger partial charge in [0, 0.05) is 25.8 Å². The SMILES string of the molecule is NC(=O)CCC(NC(=O)C1CCCN1C(=O)C(N)CCC(=O)O)C(=O)NC(Cc1ccccc1)C(=O)O. The van der Waals surface area contributed by atoms with Crippen LogP contribution in [0.4, 0.5) is 0 Å². The fourth-order valence-electron chi connectivity index (χ4n) is 4.06. The van der Waals surface area contributed by atoms with Gasteiger partial charge >= 0.3 is 11.9 Å². The molecule has 1 aromatic rings. The van der Waals surface area contributed by atoms with Crippen molar-refractivity contribution in [2.45, 2.75) is 69.1 Å². The average Bonchev–Trinajstić information content (AvgIpc) is 3.34. The third kappa shape index (κ3) is 9.18. The lowest BCUT2D eigenvalue weighted by Gasteiger charge is -2.28. The molecular weight excluding hydrogens is 486 g/mol. The third-order valence-electron chi connectivity index (χ3n) is 6.03. The van der Waals surface area contributed by atoms with E-state index in [0.717, 1.165) is 0 Å². The van der Waals surface area contributed by atoms with E-state index in [1.165, 1.54) is 4.90 Å². The Morgan fingerprint density at radius 3 is 2.24 bits per heavy atom. The Hall–Kier alpha value is -4.00. The maximum absolute atomic E-state index is 13.1. The molecule has 1 aromatic carbocycles. The van der Waals surface area contributed by atoms with Gasteiger partial charge in [-0.05, 0) is 31.2 Å². The van der Waals surface area contributed by atoms with Crippen molar-refractivity contribution < 1.29 is 39.0 Å². The van der Waals surface area contributed by atoms with Crippen LogP contribution in [0.3, 0.4) is 0 Å². The van der Waals surface area contributed by atoms with Gasteiger partial charge in [-0.2, -0.15) is 0 Å². The van der Waals surface area contributed by atoms with Crippen molar-refractivity contribution in [1.82, 2.24) is 15.5 Å². The molecule has 0 aromatic heterocycles. The van der Waals surface area contributed by atoms with E-state index in [0.29, 0.717) is 18.4 Å². The zero-order chi connectivity index (χ0) is 27.5. The predicted octanol–water partition coefficient (Wildman–Crippen LogP) is -1.27. The van der Waals surface area contributed by atoms with Gasteiger partial charge in [0.05, 0.1) is 6.04 Å². The number of rotatable bonds is 14. The second-order valence-corrected chi connectivity index (χ2v) is 8.88. The molecule has 1 heterocycles. The first-order chi connectivity index (χ1) is 17.5. The van der Waals surface area contributed by atoms with Crippen molar-refractivity contribution in [3.05, 3.63) is 35.9 Å². The normalized spacial score (nSPS) is 17.3. The van der Waals surface area contributed by atoms with Gasteiger partial charge in [0.2, 0.25) is 23.6 Å². The number of nitrogens with zero attached hydrogens (tertiary/aromatic N) is 1. The van der Waals surface area contributed by atoms with Crippen LogP contribution in [0, 0.1) is 0 Å². The average molecular weight is 520 g/mol. The van der Waals surface area contributed by atoms with Crippen LogP contribution in [0.2, 0.25) is 0 Å². The molecule has 1 fully saturated rings. The molecular formula is C24H33N5O8. The largest absolute Gasteiger partial charge is 0.481 e. The number of nitrogens with one attached hydrogen (secondary N) is 2. The van der Waals surface area contributed by atoms with E-state index in [9.17, 15) is 33.9 Å². The van der Waals surface area contributed by atoms with Crippen molar-refractivity contribution >= 4 is 35.6 Å². The zero-order valence-corrected chi connectivity index (χ0v) is 20.3. The van der Waals surface area contributed by atoms with Crippen molar-refractivity contribution in [3.63, 3.8) is 0 Å². The van der Waals surface area contributed by atoms with Crippen molar-refractivity contribution in [2.24, 2.45) is 11.5 Å². The number of nitrogens with two attached hydrogens (primary N) is 2. The van der Waals surface area contributed by atoms with Gasteiger partial charge in [0.15, 0.2) is 0 Å². The minimum absolute atomic E-state index is 0.00245. The van der Waals surface area contributed by atoms with Gasteiger partial charge in [-0.3, -0.25) is 24.0 Å². The van der Waals surface area contributed by atoms with Crippen LogP contribution in [0.15, 0.2) is 30.3 Å². The fraction of sp³-hybridized carbons (Fsp3) is 0.500. The van der Waals surface area contributed by atoms with Crippen LogP contribution in [0.25, 0.3) is 0 Å². The quantitative estimate of drug-likeness (QED) is 0.172. The summed E-state index contributed by atoms with van der Waals surface area (Å²) in [5.41, 5.74) is 11.7. The highest BCUT2D eigenvalue weighted by molar-refractivity contribution is 5.94. The summed E-state index contributed by atoms with van der Waals surface area (Å²) in [6, 6.07) is 4.02. The number of carbonyl (C=O) groups excluding carboxylic acids is 4. The first-order valence-electron chi connectivity index (χ1n) is 11.9. The Morgan fingerprint density at radius 1 is 0.973 bits per heavy atom. The van der Waals surface area contributed by atoms with Crippen LogP contribution in [-0.4, -0.2) is 81.4 Å². The van der Waals surface area contributed by atoms with Gasteiger partial charge in [-0.1, -0.05) is 30.3 Å². The molecule has 2 rings (SSSR count). The van der Waals surface area contributed by atoms with E-state index in [2.05, 4.69) is 10.6 Å². The van der Waals surface area contributed by atoms with Crippen LogP contribution >= 0.6 is 0 Å². The van der Waals surface area contributed by atoms with Crippen LogP contribution in [0.1, 0.15) is 44.1 Å². The highest BCUT2D eigenvalue weighted by Gasteiger charge is 2.38. The third-order valence-corrected chi connectivity index (χ3v) is 6.03. The van der Waals surface area contributed by atoms with Gasteiger partial charge in [0.25, 0.3) is 0 Å². The first-order valence-corrected chi connectivity index (χ1v) is 11.9. The van der Waals surface area contributed by atoms with Crippen LogP contribution in [0.5, 0.6) is 0 Å². The number of hydrogen-bond donors (Lipinski definition) is 6. The number of likely N-dealkylation sites (tertiary alicyclic amines) is 1. The molecule has 8 N–H and O–H groups in total. The summed E-state index contributed by atoms with van der Waals surface area (Å²) in [6.07, 6.45) is -0.0463. The Balaban J connectivity index is 2.11. The lowest BCUT2D eigenvalue weighted by molar-refractivity contribution is -0.143. The number of amides is 4. The van der Waals surface area contributed by atoms with Crippen molar-refractivity contribution in [1.29, 1.82) is 0 Å². The molecule has 4 unspecified atom stereocenters. The highest BCUT2D eigenvalue weighted by Crippen LogP contribution is 2.20. The van der Waals surface area contributed by atoms with E-state index in [-0.39, 0.29) is 38.6 Å². The van der Waals surface area contributed by atoms with E-state index < -0.39 is 59.7 Å². The smallest absolute Gasteiger partial charge is 0.326 e. The monoisotopic (exact) mass is 519 g/mol. The zero-order valence-electron chi connectivity index (χ0n) is 20.3. The second kappa shape index (κ2) is 13.9. The maximum atomic E-state index is 13.1. The van der Waals surface area contributed by atoms with Crippen molar-refractivity contribution in [3.8, 4) is 0 Å². The molecule has 1 aliphatic rings. The summed E-state index contributed by atoms with van der Waals surface area (Å²) in [6.45, 7) is 0.230. The molecule has 202 valence electrons. The molecule has 1 aliphatic heterocycles. The lowest BCUT2D eigenvalue weighted by atomic mass is 10.0. The van der Waals surface area contributed by atoms with E-state index >= 15 is 0 Å². The highest BCUT2D eigenvalue weighted by atomic mass is 16.4. The molecule has 37 heavy (non-hydrogen) atoms. The number of primary amides is 1. The summed E-state index contributed by atoms with van der Waals surface area (Å²) < 4.78 is 0. The van der Waals surface area contributed by atoms with Crippen molar-refractivity contribution in [2.75, 3.05) is 6.54 Å². The molecule has 0 radical (unpaired) electrons. The molecule has 4 atom stereocenters. The predicted molar refractivity (Wildman–Crippen MR) is 130 cm³/mol. The molecule has 1 saturated heterocycles. The summed E-state index contributed by atoms with van der Waals surface area (Å²) in [5, 5.41) is 23.3. The molecule has 0 saturated carbocycles. The molecule has 0 aliphatic carbocycles. The second-order valence-electron chi connectivity index (χ2n) is 8.88. The molecule has 4 amide bonds. The van der Waals surface area contributed by atoms with Gasteiger partial charge < -0.3 is 37.2 Å². The lowest BCUT2D eigenvalue weighted by Crippen LogP contribution is -2.57. The van der Waals surface area contributed by atoms with Crippen LogP contribution < -0.4 is 22.1 Å². The Labute approximate surface area is 213 Å². The summed E-state index contributed by atoms with van der Waals surface area (Å²) in [7, 11) is 0. The molecule has 0 spiro atoms. The number of carboxylic acid groups (broad SMARTS) is 2. The Morgan fingerprint density at radius 2 is 1.65 bits per heavy atom. The Kier molecular flexibility index (Phi) is 11.0. The van der Waals surface area contributed by atoms with E-state index in [1.54, 1.807) is 30.3 Å². The van der Waals surface area contributed by atoms with Gasteiger partial charge in [0.1, 0.15) is 18.1 Å². The van der Waals surface area contributed by atoms with E-state index in [1.807, 2.05) is 0 Å². The Bertz CT molecular complexity index is 1000. The first kappa shape index (κ1) is 29.2. The number of carbonyl (C=O) groups is 6. The maximum Gasteiger partial charge on any atom is 0.326 e. The van der Waals surface area contributed by atoms with E-state index in [4.69, 9.17) is 16.6 Å². The molecule has 0 bridgehead atoms. The minimum atomic E-state index is -1.29. The number of benzene rings is 1.